The molecule has 0 radical (unpaired) electrons. The van der Waals surface area contributed by atoms with E-state index in [1.54, 1.807) is 0 Å². The van der Waals surface area contributed by atoms with Crippen LogP contribution < -0.4 is 0 Å². The molecule has 1 saturated carbocycles. The maximum atomic E-state index is 12.0. The molecule has 0 heterocycles. The first-order valence-corrected chi connectivity index (χ1v) is 6.44. The molecule has 0 aromatic heterocycles. The number of unbranched alkanes of at least 4 members (excludes halogenated alkanes) is 1. The summed E-state index contributed by atoms with van der Waals surface area (Å²) in [7, 11) is 0. The lowest BCUT2D eigenvalue weighted by Gasteiger charge is -2.23. The van der Waals surface area contributed by atoms with Crippen LogP contribution in [0, 0.1) is 5.92 Å². The van der Waals surface area contributed by atoms with Crippen molar-refractivity contribution in [3.05, 3.63) is 35.4 Å². The summed E-state index contributed by atoms with van der Waals surface area (Å²) in [6.45, 7) is 2.20. The van der Waals surface area contributed by atoms with Crippen LogP contribution in [0.2, 0.25) is 0 Å². The molecule has 1 fully saturated rings. The van der Waals surface area contributed by atoms with Crippen LogP contribution in [-0.2, 0) is 6.42 Å². The van der Waals surface area contributed by atoms with Crippen molar-refractivity contribution in [2.75, 3.05) is 0 Å². The van der Waals surface area contributed by atoms with Crippen molar-refractivity contribution in [3.63, 3.8) is 0 Å². The molecule has 1 nitrogen and oxygen atoms in total. The van der Waals surface area contributed by atoms with Crippen molar-refractivity contribution in [2.45, 2.75) is 45.4 Å². The highest BCUT2D eigenvalue weighted by atomic mass is 16.1. The van der Waals surface area contributed by atoms with E-state index in [4.69, 9.17) is 0 Å². The topological polar surface area (TPSA) is 17.1 Å². The molecule has 0 spiro atoms. The molecule has 1 aliphatic carbocycles. The summed E-state index contributed by atoms with van der Waals surface area (Å²) in [5, 5.41) is 0. The van der Waals surface area contributed by atoms with E-state index >= 15 is 0 Å². The molecule has 1 aromatic carbocycles. The fraction of sp³-hybridized carbons (Fsp3) is 0.533. The van der Waals surface area contributed by atoms with Gasteiger partial charge >= 0.3 is 0 Å². The van der Waals surface area contributed by atoms with E-state index in [-0.39, 0.29) is 0 Å². The molecule has 0 unspecified atom stereocenters. The van der Waals surface area contributed by atoms with Crippen molar-refractivity contribution >= 4 is 5.78 Å². The van der Waals surface area contributed by atoms with Gasteiger partial charge in [0, 0.05) is 11.5 Å². The van der Waals surface area contributed by atoms with Crippen LogP contribution in [0.25, 0.3) is 0 Å². The standard InChI is InChI=1S/C15H20O/c1-2-3-5-12-8-10-14(11-9-12)15(16)13-6-4-7-13/h8-11,13H,2-7H2,1H3. The lowest BCUT2D eigenvalue weighted by Crippen LogP contribution is -2.21. The lowest BCUT2D eigenvalue weighted by atomic mass is 9.80. The van der Waals surface area contributed by atoms with E-state index in [2.05, 4.69) is 19.1 Å². The first kappa shape index (κ1) is 11.4. The third-order valence-corrected chi connectivity index (χ3v) is 3.53. The van der Waals surface area contributed by atoms with Crippen LogP contribution in [0.1, 0.15) is 54.9 Å². The first-order chi connectivity index (χ1) is 7.81. The molecule has 0 N–H and O–H groups in total. The first-order valence-electron chi connectivity index (χ1n) is 6.44. The van der Waals surface area contributed by atoms with Crippen LogP contribution in [0.3, 0.4) is 0 Å². The van der Waals surface area contributed by atoms with Crippen LogP contribution >= 0.6 is 0 Å². The van der Waals surface area contributed by atoms with Gasteiger partial charge < -0.3 is 0 Å². The third kappa shape index (κ3) is 2.52. The Morgan fingerprint density at radius 1 is 1.25 bits per heavy atom. The van der Waals surface area contributed by atoms with Crippen molar-refractivity contribution in [1.29, 1.82) is 0 Å². The van der Waals surface area contributed by atoms with Gasteiger partial charge in [-0.15, -0.1) is 0 Å². The third-order valence-electron chi connectivity index (χ3n) is 3.53. The number of aryl methyl sites for hydroxylation is 1. The molecule has 86 valence electrons. The fourth-order valence-corrected chi connectivity index (χ4v) is 2.12. The predicted molar refractivity (Wildman–Crippen MR) is 66.7 cm³/mol. The molecule has 0 aliphatic heterocycles. The molecule has 0 amide bonds. The number of hydrogen-bond donors (Lipinski definition) is 0. The van der Waals surface area contributed by atoms with Gasteiger partial charge in [-0.3, -0.25) is 4.79 Å². The quantitative estimate of drug-likeness (QED) is 0.680. The Morgan fingerprint density at radius 2 is 1.94 bits per heavy atom. The second-order valence-corrected chi connectivity index (χ2v) is 4.79. The Balaban J connectivity index is 1.98. The van der Waals surface area contributed by atoms with E-state index in [9.17, 15) is 4.79 Å². The normalized spacial score (nSPS) is 15.8. The summed E-state index contributed by atoms with van der Waals surface area (Å²) < 4.78 is 0. The zero-order chi connectivity index (χ0) is 11.4. The molecule has 16 heavy (non-hydrogen) atoms. The number of rotatable bonds is 5. The predicted octanol–water partition coefficient (Wildman–Crippen LogP) is 4.01. The second-order valence-electron chi connectivity index (χ2n) is 4.79. The molecular formula is C15H20O. The van der Waals surface area contributed by atoms with Gasteiger partial charge in [-0.05, 0) is 31.2 Å². The monoisotopic (exact) mass is 216 g/mol. The van der Waals surface area contributed by atoms with Gasteiger partial charge in [0.2, 0.25) is 0 Å². The number of Topliss-reactive ketones (excluding diaryl/α,β-unsaturated/α-hetero) is 1. The van der Waals surface area contributed by atoms with Crippen molar-refractivity contribution in [3.8, 4) is 0 Å². The van der Waals surface area contributed by atoms with Gasteiger partial charge in [-0.25, -0.2) is 0 Å². The molecule has 0 saturated heterocycles. The highest BCUT2D eigenvalue weighted by Crippen LogP contribution is 2.29. The zero-order valence-electron chi connectivity index (χ0n) is 10.0. The van der Waals surface area contributed by atoms with Gasteiger partial charge in [-0.1, -0.05) is 44.0 Å². The minimum atomic E-state index is 0.321. The number of carbonyl (C=O) groups is 1. The van der Waals surface area contributed by atoms with Gasteiger partial charge in [0.25, 0.3) is 0 Å². The van der Waals surface area contributed by atoms with E-state index in [0.717, 1.165) is 24.8 Å². The summed E-state index contributed by atoms with van der Waals surface area (Å²) >= 11 is 0. The van der Waals surface area contributed by atoms with Gasteiger partial charge in [0.15, 0.2) is 5.78 Å². The maximum absolute atomic E-state index is 12.0. The van der Waals surface area contributed by atoms with Gasteiger partial charge in [0.1, 0.15) is 0 Å². The number of hydrogen-bond acceptors (Lipinski definition) is 1. The Hall–Kier alpha value is -1.11. The summed E-state index contributed by atoms with van der Waals surface area (Å²) in [4.78, 5) is 12.0. The van der Waals surface area contributed by atoms with E-state index in [1.807, 2.05) is 12.1 Å². The summed E-state index contributed by atoms with van der Waals surface area (Å²) in [5.74, 6) is 0.676. The van der Waals surface area contributed by atoms with E-state index in [1.165, 1.54) is 24.8 Å². The second kappa shape index (κ2) is 5.29. The lowest BCUT2D eigenvalue weighted by molar-refractivity contribution is 0.0855. The van der Waals surface area contributed by atoms with E-state index in [0.29, 0.717) is 11.7 Å². The number of carbonyl (C=O) groups excluding carboxylic acids is 1. The van der Waals surface area contributed by atoms with Crippen LogP contribution in [0.15, 0.2) is 24.3 Å². The minimum absolute atomic E-state index is 0.321. The van der Waals surface area contributed by atoms with Crippen LogP contribution in [0.4, 0.5) is 0 Å². The highest BCUT2D eigenvalue weighted by molar-refractivity contribution is 5.98. The molecule has 1 aromatic rings. The smallest absolute Gasteiger partial charge is 0.165 e. The number of ketones is 1. The van der Waals surface area contributed by atoms with E-state index < -0.39 is 0 Å². The van der Waals surface area contributed by atoms with Crippen LogP contribution in [0.5, 0.6) is 0 Å². The molecule has 0 bridgehead atoms. The Morgan fingerprint density at radius 3 is 2.44 bits per heavy atom. The van der Waals surface area contributed by atoms with Gasteiger partial charge in [0.05, 0.1) is 0 Å². The molecule has 0 atom stereocenters. The maximum Gasteiger partial charge on any atom is 0.165 e. The highest BCUT2D eigenvalue weighted by Gasteiger charge is 2.25. The molecule has 1 aliphatic rings. The van der Waals surface area contributed by atoms with Crippen molar-refractivity contribution in [2.24, 2.45) is 5.92 Å². The Labute approximate surface area is 97.9 Å². The zero-order valence-corrected chi connectivity index (χ0v) is 10.0. The Kier molecular flexibility index (Phi) is 3.76. The summed E-state index contributed by atoms with van der Waals surface area (Å²) in [6, 6.07) is 8.24. The summed E-state index contributed by atoms with van der Waals surface area (Å²) in [5.41, 5.74) is 2.26. The Bertz CT molecular complexity index is 346. The van der Waals surface area contributed by atoms with Gasteiger partial charge in [-0.2, -0.15) is 0 Å². The van der Waals surface area contributed by atoms with Crippen molar-refractivity contribution in [1.82, 2.24) is 0 Å². The van der Waals surface area contributed by atoms with Crippen LogP contribution in [-0.4, -0.2) is 5.78 Å². The number of benzene rings is 1. The average Bonchev–Trinajstić information content (AvgIpc) is 2.24. The minimum Gasteiger partial charge on any atom is -0.294 e. The van der Waals surface area contributed by atoms with Crippen molar-refractivity contribution < 1.29 is 4.79 Å². The molecular weight excluding hydrogens is 196 g/mol. The largest absolute Gasteiger partial charge is 0.294 e. The average molecular weight is 216 g/mol. The fourth-order valence-electron chi connectivity index (χ4n) is 2.12. The SMILES string of the molecule is CCCCc1ccc(C(=O)C2CCC2)cc1. The molecule has 1 heteroatoms. The summed E-state index contributed by atoms with van der Waals surface area (Å²) in [6.07, 6.45) is 7.00. The molecule has 2 rings (SSSR count).